The molecule has 0 spiro atoms. The smallest absolute Gasteiger partial charge is 0.408 e. The van der Waals surface area contributed by atoms with E-state index in [2.05, 4.69) is 45.9 Å². The number of hydrogen-bond acceptors (Lipinski definition) is 6. The minimum absolute atomic E-state index is 0.0977. The van der Waals surface area contributed by atoms with Gasteiger partial charge in [0.15, 0.2) is 0 Å². The van der Waals surface area contributed by atoms with Gasteiger partial charge in [-0.25, -0.2) is 14.6 Å². The second kappa shape index (κ2) is 12.3. The summed E-state index contributed by atoms with van der Waals surface area (Å²) in [6, 6.07) is 8.83. The van der Waals surface area contributed by atoms with Gasteiger partial charge in [-0.15, -0.1) is 0 Å². The number of alkyl carbamates (subject to hydrolysis) is 1. The third-order valence-electron chi connectivity index (χ3n) is 5.48. The standard InChI is InChI=1S/C27H36BrN3O6Si/c1-27(2,3)37-26(34)30-21(25(32)33)15-18-7-9-19(10-8-18)36-22-11-12-29-24-23(22)20(28)16-31(24)17-35-13-14-38(4,5)6/h7-12,16,21H,13-15,17H2,1-6H3,(H,30,34)(H,32,33)/t21-/m0/s1. The van der Waals surface area contributed by atoms with Gasteiger partial charge in [-0.05, 0) is 66.5 Å². The van der Waals surface area contributed by atoms with Gasteiger partial charge in [0.05, 0.1) is 5.39 Å². The van der Waals surface area contributed by atoms with E-state index in [0.717, 1.165) is 27.1 Å². The lowest BCUT2D eigenvalue weighted by atomic mass is 10.1. The van der Waals surface area contributed by atoms with Crippen molar-refractivity contribution in [3.05, 3.63) is 52.8 Å². The highest BCUT2D eigenvalue weighted by Gasteiger charge is 2.24. The number of aliphatic carboxylic acids is 1. The molecule has 0 unspecified atom stereocenters. The molecule has 0 saturated heterocycles. The van der Waals surface area contributed by atoms with Gasteiger partial charge in [-0.2, -0.15) is 0 Å². The molecular formula is C27H36BrN3O6Si. The van der Waals surface area contributed by atoms with E-state index in [-0.39, 0.29) is 6.42 Å². The summed E-state index contributed by atoms with van der Waals surface area (Å²) in [5.41, 5.74) is 0.751. The summed E-state index contributed by atoms with van der Waals surface area (Å²) in [4.78, 5) is 28.2. The fraction of sp³-hybridized carbons (Fsp3) is 0.444. The van der Waals surface area contributed by atoms with Crippen LogP contribution in [0.1, 0.15) is 26.3 Å². The van der Waals surface area contributed by atoms with Crippen molar-refractivity contribution in [3.63, 3.8) is 0 Å². The number of aromatic nitrogens is 2. The van der Waals surface area contributed by atoms with Crippen LogP contribution in [0.4, 0.5) is 4.79 Å². The fourth-order valence-electron chi connectivity index (χ4n) is 3.57. The molecule has 0 aliphatic carbocycles. The zero-order chi connectivity index (χ0) is 28.1. The Morgan fingerprint density at radius 2 is 1.84 bits per heavy atom. The lowest BCUT2D eigenvalue weighted by molar-refractivity contribution is -0.139. The van der Waals surface area contributed by atoms with E-state index < -0.39 is 31.8 Å². The lowest BCUT2D eigenvalue weighted by Crippen LogP contribution is -2.44. The number of ether oxygens (including phenoxy) is 3. The highest BCUT2D eigenvalue weighted by molar-refractivity contribution is 9.10. The number of pyridine rings is 1. The zero-order valence-electron chi connectivity index (χ0n) is 22.7. The number of halogens is 1. The van der Waals surface area contributed by atoms with E-state index in [9.17, 15) is 14.7 Å². The van der Waals surface area contributed by atoms with Crippen molar-refractivity contribution in [3.8, 4) is 11.5 Å². The molecule has 0 aliphatic heterocycles. The molecule has 3 rings (SSSR count). The largest absolute Gasteiger partial charge is 0.480 e. The Labute approximate surface area is 232 Å². The van der Waals surface area contributed by atoms with Crippen molar-refractivity contribution in [2.45, 2.75) is 71.3 Å². The summed E-state index contributed by atoms with van der Waals surface area (Å²) in [5.74, 6) is 0.0685. The molecule has 1 amide bonds. The first-order valence-corrected chi connectivity index (χ1v) is 16.9. The molecule has 2 aromatic heterocycles. The van der Waals surface area contributed by atoms with Crippen molar-refractivity contribution in [2.75, 3.05) is 6.61 Å². The number of hydrogen-bond donors (Lipinski definition) is 2. The minimum Gasteiger partial charge on any atom is -0.480 e. The molecule has 0 bridgehead atoms. The van der Waals surface area contributed by atoms with Crippen LogP contribution in [0.5, 0.6) is 11.5 Å². The van der Waals surface area contributed by atoms with Gasteiger partial charge in [-0.3, -0.25) is 0 Å². The van der Waals surface area contributed by atoms with Crippen molar-refractivity contribution < 1.29 is 28.9 Å². The molecule has 0 saturated carbocycles. The molecule has 0 radical (unpaired) electrons. The molecule has 3 aromatic rings. The average Bonchev–Trinajstić information content (AvgIpc) is 3.12. The number of nitrogens with zero attached hydrogens (tertiary/aromatic N) is 2. The van der Waals surface area contributed by atoms with Gasteiger partial charge in [0.2, 0.25) is 0 Å². The SMILES string of the molecule is CC(C)(C)OC(=O)N[C@@H](Cc1ccc(Oc2ccnc3c2c(Br)cn3COCC[Si](C)(C)C)cc1)C(=O)O. The minimum atomic E-state index is -1.16. The van der Waals surface area contributed by atoms with Crippen LogP contribution in [0.15, 0.2) is 47.2 Å². The summed E-state index contributed by atoms with van der Waals surface area (Å²) in [7, 11) is -1.16. The van der Waals surface area contributed by atoms with E-state index in [0.29, 0.717) is 24.8 Å². The van der Waals surface area contributed by atoms with Crippen molar-refractivity contribution in [2.24, 2.45) is 0 Å². The molecule has 9 nitrogen and oxygen atoms in total. The van der Waals surface area contributed by atoms with Gasteiger partial charge < -0.3 is 29.2 Å². The highest BCUT2D eigenvalue weighted by atomic mass is 79.9. The molecule has 38 heavy (non-hydrogen) atoms. The second-order valence-electron chi connectivity index (χ2n) is 11.3. The molecule has 11 heteroatoms. The molecule has 1 aromatic carbocycles. The van der Waals surface area contributed by atoms with E-state index >= 15 is 0 Å². The molecular weight excluding hydrogens is 570 g/mol. The highest BCUT2D eigenvalue weighted by Crippen LogP contribution is 2.35. The zero-order valence-corrected chi connectivity index (χ0v) is 25.3. The number of amides is 1. The number of fused-ring (bicyclic) bond motifs is 1. The molecule has 1 atom stereocenters. The summed E-state index contributed by atoms with van der Waals surface area (Å²) in [6.07, 6.45) is 2.95. The Hall–Kier alpha value is -2.89. The predicted octanol–water partition coefficient (Wildman–Crippen LogP) is 6.42. The normalized spacial score (nSPS) is 12.8. The maximum atomic E-state index is 12.0. The summed E-state index contributed by atoms with van der Waals surface area (Å²) in [6.45, 7) is 13.2. The molecule has 2 heterocycles. The molecule has 206 valence electrons. The van der Waals surface area contributed by atoms with Crippen LogP contribution in [-0.2, 0) is 27.4 Å². The van der Waals surface area contributed by atoms with Crippen molar-refractivity contribution in [1.29, 1.82) is 0 Å². The number of benzene rings is 1. The van der Waals surface area contributed by atoms with Crippen LogP contribution in [0.2, 0.25) is 25.7 Å². The molecule has 0 aliphatic rings. The topological polar surface area (TPSA) is 112 Å². The van der Waals surface area contributed by atoms with Crippen LogP contribution in [0, 0.1) is 0 Å². The third kappa shape index (κ3) is 8.85. The second-order valence-corrected chi connectivity index (χ2v) is 17.8. The lowest BCUT2D eigenvalue weighted by Gasteiger charge is -2.22. The summed E-state index contributed by atoms with van der Waals surface area (Å²) >= 11 is 3.62. The van der Waals surface area contributed by atoms with Gasteiger partial charge in [0.1, 0.15) is 35.5 Å². The van der Waals surface area contributed by atoms with Crippen LogP contribution >= 0.6 is 15.9 Å². The maximum absolute atomic E-state index is 12.0. The number of carbonyl (C=O) groups excluding carboxylic acids is 1. The first-order valence-electron chi connectivity index (χ1n) is 12.4. The number of nitrogens with one attached hydrogen (secondary N) is 1. The van der Waals surface area contributed by atoms with E-state index in [4.69, 9.17) is 14.2 Å². The number of carboxylic acid groups (broad SMARTS) is 1. The predicted molar refractivity (Wildman–Crippen MR) is 153 cm³/mol. The Morgan fingerprint density at radius 3 is 2.45 bits per heavy atom. The molecule has 0 fully saturated rings. The third-order valence-corrected chi connectivity index (χ3v) is 7.78. The van der Waals surface area contributed by atoms with Gasteiger partial charge >= 0.3 is 12.1 Å². The van der Waals surface area contributed by atoms with E-state index in [1.807, 2.05) is 10.8 Å². The first-order chi connectivity index (χ1) is 17.7. The van der Waals surface area contributed by atoms with Gasteiger partial charge in [-0.1, -0.05) is 31.8 Å². The Bertz CT molecular complexity index is 1260. The van der Waals surface area contributed by atoms with Crippen molar-refractivity contribution in [1.82, 2.24) is 14.9 Å². The monoisotopic (exact) mass is 605 g/mol. The maximum Gasteiger partial charge on any atom is 0.408 e. The average molecular weight is 607 g/mol. The quantitative estimate of drug-likeness (QED) is 0.191. The van der Waals surface area contributed by atoms with E-state index in [1.165, 1.54) is 0 Å². The van der Waals surface area contributed by atoms with Crippen LogP contribution < -0.4 is 10.1 Å². The number of rotatable bonds is 11. The van der Waals surface area contributed by atoms with Gasteiger partial charge in [0.25, 0.3) is 0 Å². The Morgan fingerprint density at radius 1 is 1.16 bits per heavy atom. The van der Waals surface area contributed by atoms with Crippen LogP contribution in [-0.4, -0.2) is 53.0 Å². The van der Waals surface area contributed by atoms with Crippen molar-refractivity contribution >= 4 is 47.1 Å². The van der Waals surface area contributed by atoms with Gasteiger partial charge in [0, 0.05) is 38.0 Å². The summed E-state index contributed by atoms with van der Waals surface area (Å²) in [5, 5.41) is 12.8. The first kappa shape index (κ1) is 29.7. The molecule has 2 N–H and O–H groups in total. The summed E-state index contributed by atoms with van der Waals surface area (Å²) < 4.78 is 20.0. The Balaban J connectivity index is 1.68. The van der Waals surface area contributed by atoms with Crippen LogP contribution in [0.3, 0.4) is 0 Å². The van der Waals surface area contributed by atoms with Crippen LogP contribution in [0.25, 0.3) is 11.0 Å². The number of carbonyl (C=O) groups is 2. The fourth-order valence-corrected chi connectivity index (χ4v) is 4.95. The number of carboxylic acids is 1. The Kier molecular flexibility index (Phi) is 9.61. The van der Waals surface area contributed by atoms with E-state index in [1.54, 1.807) is 57.3 Å².